The topological polar surface area (TPSA) is 90.1 Å². The molecule has 0 saturated heterocycles. The van der Waals surface area contributed by atoms with Gasteiger partial charge in [-0.25, -0.2) is 4.98 Å². The molecule has 1 unspecified atom stereocenters. The average Bonchev–Trinajstić information content (AvgIpc) is 2.84. The number of nitrogen functional groups attached to an aromatic ring is 2. The van der Waals surface area contributed by atoms with Crippen molar-refractivity contribution in [3.63, 3.8) is 0 Å². The Kier molecular flexibility index (Phi) is 3.72. The lowest BCUT2D eigenvalue weighted by molar-refractivity contribution is 0.495. The Bertz CT molecular complexity index is 496. The van der Waals surface area contributed by atoms with Gasteiger partial charge in [0.1, 0.15) is 17.4 Å². The van der Waals surface area contributed by atoms with E-state index in [-0.39, 0.29) is 6.04 Å². The molecular formula is C13H18N4O. The van der Waals surface area contributed by atoms with Crippen LogP contribution in [0, 0.1) is 0 Å². The Balaban J connectivity index is 1.86. The van der Waals surface area contributed by atoms with Crippen LogP contribution in [0.3, 0.4) is 0 Å². The summed E-state index contributed by atoms with van der Waals surface area (Å²) < 4.78 is 5.29. The molecule has 0 bridgehead atoms. The van der Waals surface area contributed by atoms with Gasteiger partial charge < -0.3 is 21.2 Å². The fraction of sp³-hybridized carbons (Fsp3) is 0.308. The predicted molar refractivity (Wildman–Crippen MR) is 73.2 cm³/mol. The molecule has 0 aromatic carbocycles. The molecule has 2 heterocycles. The van der Waals surface area contributed by atoms with E-state index in [1.165, 1.54) is 0 Å². The second kappa shape index (κ2) is 5.44. The largest absolute Gasteiger partial charge is 0.469 e. The fourth-order valence-corrected chi connectivity index (χ4v) is 1.70. The normalized spacial score (nSPS) is 12.3. The highest BCUT2D eigenvalue weighted by Gasteiger charge is 2.06. The average molecular weight is 246 g/mol. The molecule has 0 spiro atoms. The van der Waals surface area contributed by atoms with E-state index in [2.05, 4.69) is 17.2 Å². The molecule has 2 aromatic rings. The zero-order valence-corrected chi connectivity index (χ0v) is 10.4. The number of nitrogens with two attached hydrogens (primary N) is 2. The number of hydrogen-bond donors (Lipinski definition) is 3. The van der Waals surface area contributed by atoms with Crippen molar-refractivity contribution in [3.05, 3.63) is 36.3 Å². The molecule has 0 aliphatic heterocycles. The Labute approximate surface area is 106 Å². The third-order valence-electron chi connectivity index (χ3n) is 2.76. The molecule has 0 aliphatic carbocycles. The number of furan rings is 1. The third-order valence-corrected chi connectivity index (χ3v) is 2.76. The first kappa shape index (κ1) is 12.3. The van der Waals surface area contributed by atoms with Gasteiger partial charge in [-0.2, -0.15) is 0 Å². The van der Waals surface area contributed by atoms with Crippen molar-refractivity contribution in [2.24, 2.45) is 0 Å². The molecule has 0 fully saturated rings. The van der Waals surface area contributed by atoms with Crippen molar-refractivity contribution in [2.45, 2.75) is 25.8 Å². The molecule has 96 valence electrons. The highest BCUT2D eigenvalue weighted by Crippen LogP contribution is 2.16. The second-order valence-electron chi connectivity index (χ2n) is 4.33. The molecule has 0 radical (unpaired) electrons. The number of anilines is 3. The molecule has 0 saturated carbocycles. The van der Waals surface area contributed by atoms with E-state index in [1.54, 1.807) is 12.3 Å². The zero-order chi connectivity index (χ0) is 13.0. The fourth-order valence-electron chi connectivity index (χ4n) is 1.70. The number of aromatic nitrogens is 1. The molecular weight excluding hydrogens is 228 g/mol. The van der Waals surface area contributed by atoms with Gasteiger partial charge in [0.2, 0.25) is 0 Å². The summed E-state index contributed by atoms with van der Waals surface area (Å²) in [5, 5.41) is 3.28. The number of nitrogens with one attached hydrogen (secondary N) is 1. The maximum Gasteiger partial charge on any atom is 0.149 e. The van der Waals surface area contributed by atoms with Gasteiger partial charge in [-0.05, 0) is 37.6 Å². The predicted octanol–water partition coefficient (Wildman–Crippen LogP) is 2.27. The van der Waals surface area contributed by atoms with Crippen molar-refractivity contribution in [2.75, 3.05) is 16.8 Å². The van der Waals surface area contributed by atoms with Crippen LogP contribution in [0.2, 0.25) is 0 Å². The first-order valence-electron chi connectivity index (χ1n) is 5.96. The molecule has 0 aliphatic rings. The van der Waals surface area contributed by atoms with Crippen molar-refractivity contribution in [3.8, 4) is 0 Å². The molecule has 18 heavy (non-hydrogen) atoms. The first-order chi connectivity index (χ1) is 8.65. The van der Waals surface area contributed by atoms with Gasteiger partial charge in [0.25, 0.3) is 0 Å². The van der Waals surface area contributed by atoms with Gasteiger partial charge in [-0.15, -0.1) is 0 Å². The number of rotatable bonds is 5. The summed E-state index contributed by atoms with van der Waals surface area (Å²) in [4.78, 5) is 4.18. The van der Waals surface area contributed by atoms with Crippen molar-refractivity contribution < 1.29 is 4.42 Å². The van der Waals surface area contributed by atoms with Crippen molar-refractivity contribution in [1.29, 1.82) is 0 Å². The van der Waals surface area contributed by atoms with E-state index in [4.69, 9.17) is 15.9 Å². The van der Waals surface area contributed by atoms with Crippen molar-refractivity contribution >= 4 is 17.3 Å². The van der Waals surface area contributed by atoms with Crippen LogP contribution in [0.1, 0.15) is 19.1 Å². The van der Waals surface area contributed by atoms with E-state index in [0.29, 0.717) is 11.5 Å². The minimum Gasteiger partial charge on any atom is -0.469 e. The first-order valence-corrected chi connectivity index (χ1v) is 5.96. The van der Waals surface area contributed by atoms with E-state index in [1.807, 2.05) is 18.2 Å². The van der Waals surface area contributed by atoms with E-state index in [0.717, 1.165) is 24.4 Å². The van der Waals surface area contributed by atoms with Crippen molar-refractivity contribution in [1.82, 2.24) is 4.98 Å². The number of pyridine rings is 1. The van der Waals surface area contributed by atoms with Crippen LogP contribution in [0.15, 0.2) is 34.9 Å². The lowest BCUT2D eigenvalue weighted by atomic mass is 10.1. The zero-order valence-electron chi connectivity index (χ0n) is 10.4. The minimum absolute atomic E-state index is 0.283. The summed E-state index contributed by atoms with van der Waals surface area (Å²) in [6.45, 7) is 2.09. The standard InChI is InChI=1S/C13H18N4O/c1-9(4-5-10-3-2-8-18-10)16-12-7-6-11(14)13(15)17-12/h2-3,6-9H,4-5,14H2,1H3,(H3,15,16,17). The summed E-state index contributed by atoms with van der Waals surface area (Å²) in [5.74, 6) is 2.10. The molecule has 5 heteroatoms. The lowest BCUT2D eigenvalue weighted by Crippen LogP contribution is -2.17. The molecule has 5 nitrogen and oxygen atoms in total. The maximum atomic E-state index is 5.66. The number of hydrogen-bond acceptors (Lipinski definition) is 5. The summed E-state index contributed by atoms with van der Waals surface area (Å²) >= 11 is 0. The van der Waals surface area contributed by atoms with Gasteiger partial charge in [0.05, 0.1) is 12.0 Å². The third kappa shape index (κ3) is 3.16. The summed E-state index contributed by atoms with van der Waals surface area (Å²) in [6.07, 6.45) is 3.54. The Hall–Kier alpha value is -2.17. The van der Waals surface area contributed by atoms with Crippen LogP contribution in [-0.2, 0) is 6.42 Å². The van der Waals surface area contributed by atoms with Gasteiger partial charge in [-0.3, -0.25) is 0 Å². The summed E-state index contributed by atoms with van der Waals surface area (Å²) in [5.41, 5.74) is 11.8. The SMILES string of the molecule is CC(CCc1ccco1)Nc1ccc(N)c(N)n1. The highest BCUT2D eigenvalue weighted by atomic mass is 16.3. The number of nitrogens with zero attached hydrogens (tertiary/aromatic N) is 1. The minimum atomic E-state index is 0.283. The molecule has 1 atom stereocenters. The molecule has 0 amide bonds. The summed E-state index contributed by atoms with van der Waals surface area (Å²) in [6, 6.07) is 7.74. The van der Waals surface area contributed by atoms with Crippen LogP contribution in [0.5, 0.6) is 0 Å². The molecule has 5 N–H and O–H groups in total. The smallest absolute Gasteiger partial charge is 0.149 e. The molecule has 2 aromatic heterocycles. The molecule has 2 rings (SSSR count). The van der Waals surface area contributed by atoms with Crippen LogP contribution in [-0.4, -0.2) is 11.0 Å². The summed E-state index contributed by atoms with van der Waals surface area (Å²) in [7, 11) is 0. The quantitative estimate of drug-likeness (QED) is 0.753. The van der Waals surface area contributed by atoms with Gasteiger partial charge in [0, 0.05) is 12.5 Å². The second-order valence-corrected chi connectivity index (χ2v) is 4.33. The lowest BCUT2D eigenvalue weighted by Gasteiger charge is -2.14. The van der Waals surface area contributed by atoms with Gasteiger partial charge in [0.15, 0.2) is 0 Å². The Morgan fingerprint density at radius 2 is 2.17 bits per heavy atom. The van der Waals surface area contributed by atoms with Gasteiger partial charge >= 0.3 is 0 Å². The van der Waals surface area contributed by atoms with E-state index in [9.17, 15) is 0 Å². The number of aryl methyl sites for hydroxylation is 1. The van der Waals surface area contributed by atoms with Crippen LogP contribution < -0.4 is 16.8 Å². The maximum absolute atomic E-state index is 5.66. The van der Waals surface area contributed by atoms with E-state index >= 15 is 0 Å². The Morgan fingerprint density at radius 1 is 1.33 bits per heavy atom. The van der Waals surface area contributed by atoms with Crippen LogP contribution in [0.25, 0.3) is 0 Å². The van der Waals surface area contributed by atoms with Crippen LogP contribution in [0.4, 0.5) is 17.3 Å². The monoisotopic (exact) mass is 246 g/mol. The van der Waals surface area contributed by atoms with E-state index < -0.39 is 0 Å². The van der Waals surface area contributed by atoms with Crippen LogP contribution >= 0.6 is 0 Å². The Morgan fingerprint density at radius 3 is 2.83 bits per heavy atom. The highest BCUT2D eigenvalue weighted by molar-refractivity contribution is 5.61. The van der Waals surface area contributed by atoms with Gasteiger partial charge in [-0.1, -0.05) is 0 Å².